The fourth-order valence-electron chi connectivity index (χ4n) is 3.54. The lowest BCUT2D eigenvalue weighted by atomic mass is 9.84. The van der Waals surface area contributed by atoms with Crippen molar-refractivity contribution in [1.29, 1.82) is 0 Å². The molecular weight excluding hydrogens is 302 g/mol. The van der Waals surface area contributed by atoms with Gasteiger partial charge >= 0.3 is 0 Å². The van der Waals surface area contributed by atoms with Crippen molar-refractivity contribution in [3.63, 3.8) is 0 Å². The van der Waals surface area contributed by atoms with Gasteiger partial charge < -0.3 is 9.30 Å². The van der Waals surface area contributed by atoms with E-state index in [2.05, 4.69) is 31.6 Å². The van der Waals surface area contributed by atoms with Crippen molar-refractivity contribution >= 4 is 0 Å². The summed E-state index contributed by atoms with van der Waals surface area (Å²) in [4.78, 5) is 6.81. The Morgan fingerprint density at radius 1 is 1.21 bits per heavy atom. The van der Waals surface area contributed by atoms with Crippen LogP contribution in [0.2, 0.25) is 0 Å². The highest BCUT2D eigenvalue weighted by molar-refractivity contribution is 5.19. The van der Waals surface area contributed by atoms with E-state index in [1.54, 1.807) is 6.20 Å². The molecule has 2 aliphatic rings. The number of nitrogens with zero attached hydrogens (tertiary/aromatic N) is 5. The molecule has 1 fully saturated rings. The number of ether oxygens (including phenoxy) is 1. The molecule has 2 aromatic rings. The number of aryl methyl sites for hydroxylation is 1. The van der Waals surface area contributed by atoms with Crippen LogP contribution >= 0.6 is 0 Å². The van der Waals surface area contributed by atoms with E-state index in [0.29, 0.717) is 12.6 Å². The molecule has 1 atom stereocenters. The van der Waals surface area contributed by atoms with Crippen molar-refractivity contribution in [3.8, 4) is 5.75 Å². The van der Waals surface area contributed by atoms with Crippen LogP contribution < -0.4 is 4.74 Å². The Balaban J connectivity index is 1.42. The average Bonchev–Trinajstić information content (AvgIpc) is 2.96. The maximum Gasteiger partial charge on any atom is 0.171 e. The van der Waals surface area contributed by atoms with Gasteiger partial charge in [0, 0.05) is 25.3 Å². The van der Waals surface area contributed by atoms with Gasteiger partial charge in [0.05, 0.1) is 12.2 Å². The van der Waals surface area contributed by atoms with E-state index in [1.165, 1.54) is 25.8 Å². The van der Waals surface area contributed by atoms with Gasteiger partial charge in [0.15, 0.2) is 5.82 Å². The van der Waals surface area contributed by atoms with Gasteiger partial charge in [0.2, 0.25) is 0 Å². The number of fused-ring (bicyclic) bond motifs is 1. The van der Waals surface area contributed by atoms with Crippen LogP contribution in [-0.4, -0.2) is 37.7 Å². The minimum absolute atomic E-state index is 0.335. The summed E-state index contributed by atoms with van der Waals surface area (Å²) in [5.74, 6) is 3.63. The maximum absolute atomic E-state index is 5.83. The highest BCUT2D eigenvalue weighted by atomic mass is 16.5. The second kappa shape index (κ2) is 6.51. The molecule has 0 spiro atoms. The van der Waals surface area contributed by atoms with Gasteiger partial charge in [-0.2, -0.15) is 0 Å². The van der Waals surface area contributed by atoms with Crippen molar-refractivity contribution in [2.75, 3.05) is 13.1 Å². The molecule has 1 aliphatic heterocycles. The number of hydrogen-bond acceptors (Lipinski definition) is 5. The number of pyridine rings is 1. The smallest absolute Gasteiger partial charge is 0.171 e. The molecule has 3 heterocycles. The molecule has 4 rings (SSSR count). The Hall–Kier alpha value is -1.95. The Labute approximate surface area is 142 Å². The Morgan fingerprint density at radius 2 is 2.08 bits per heavy atom. The molecular formula is C18H25N5O. The van der Waals surface area contributed by atoms with Gasteiger partial charge in [-0.15, -0.1) is 10.2 Å². The Morgan fingerprint density at radius 3 is 2.79 bits per heavy atom. The zero-order chi connectivity index (χ0) is 16.5. The molecule has 0 saturated heterocycles. The summed E-state index contributed by atoms with van der Waals surface area (Å²) in [5.41, 5.74) is 0.989. The largest absolute Gasteiger partial charge is 0.484 e. The maximum atomic E-state index is 5.83. The van der Waals surface area contributed by atoms with Crippen LogP contribution in [0.1, 0.15) is 49.6 Å². The quantitative estimate of drug-likeness (QED) is 0.845. The molecule has 0 N–H and O–H groups in total. The lowest BCUT2D eigenvalue weighted by molar-refractivity contribution is 0.110. The van der Waals surface area contributed by atoms with Crippen LogP contribution in [0.25, 0.3) is 0 Å². The third-order valence-electron chi connectivity index (χ3n) is 5.36. The van der Waals surface area contributed by atoms with Crippen molar-refractivity contribution < 1.29 is 4.74 Å². The molecule has 6 nitrogen and oxygen atoms in total. The molecule has 0 radical (unpaired) electrons. The molecule has 0 bridgehead atoms. The first-order valence-corrected chi connectivity index (χ1v) is 8.92. The predicted molar refractivity (Wildman–Crippen MR) is 90.7 cm³/mol. The van der Waals surface area contributed by atoms with Crippen LogP contribution in [0.4, 0.5) is 0 Å². The summed E-state index contributed by atoms with van der Waals surface area (Å²) in [6.45, 7) is 7.87. The number of rotatable bonds is 5. The van der Waals surface area contributed by atoms with E-state index < -0.39 is 0 Å². The first-order chi connectivity index (χ1) is 11.7. The van der Waals surface area contributed by atoms with Crippen LogP contribution in [0.15, 0.2) is 18.3 Å². The molecule has 0 amide bonds. The van der Waals surface area contributed by atoms with Gasteiger partial charge in [-0.3, -0.25) is 9.88 Å². The first-order valence-electron chi connectivity index (χ1n) is 8.92. The van der Waals surface area contributed by atoms with Gasteiger partial charge in [0.25, 0.3) is 0 Å². The van der Waals surface area contributed by atoms with Crippen LogP contribution in [0.5, 0.6) is 5.75 Å². The first kappa shape index (κ1) is 15.6. The summed E-state index contributed by atoms with van der Waals surface area (Å²) in [5, 5.41) is 8.81. The van der Waals surface area contributed by atoms with E-state index in [-0.39, 0.29) is 0 Å². The van der Waals surface area contributed by atoms with Gasteiger partial charge in [-0.05, 0) is 44.7 Å². The number of aromatic nitrogens is 4. The minimum atomic E-state index is 0.335. The van der Waals surface area contributed by atoms with Gasteiger partial charge in [0.1, 0.15) is 18.2 Å². The van der Waals surface area contributed by atoms with E-state index in [4.69, 9.17) is 4.74 Å². The third-order valence-corrected chi connectivity index (χ3v) is 5.36. The highest BCUT2D eigenvalue weighted by Crippen LogP contribution is 2.32. The predicted octanol–water partition coefficient (Wildman–Crippen LogP) is 2.74. The van der Waals surface area contributed by atoms with Crippen molar-refractivity contribution in [3.05, 3.63) is 35.7 Å². The normalized spacial score (nSPS) is 21.3. The second-order valence-electron chi connectivity index (χ2n) is 7.02. The van der Waals surface area contributed by atoms with E-state index >= 15 is 0 Å². The molecule has 0 aromatic carbocycles. The van der Waals surface area contributed by atoms with Crippen molar-refractivity contribution in [2.45, 2.75) is 52.3 Å². The molecule has 1 aliphatic carbocycles. The molecule has 1 saturated carbocycles. The zero-order valence-corrected chi connectivity index (χ0v) is 14.5. The van der Waals surface area contributed by atoms with E-state index in [0.717, 1.165) is 42.1 Å². The summed E-state index contributed by atoms with van der Waals surface area (Å²) in [6.07, 6.45) is 5.93. The van der Waals surface area contributed by atoms with Crippen molar-refractivity contribution in [1.82, 2.24) is 24.6 Å². The van der Waals surface area contributed by atoms with Crippen molar-refractivity contribution in [2.24, 2.45) is 5.92 Å². The SMILES string of the molecule is Cc1ccc(OCc2nnc3n2CCN(CC2CCC2)[C@H]3C)cn1. The zero-order valence-electron chi connectivity index (χ0n) is 14.5. The van der Waals surface area contributed by atoms with Crippen LogP contribution in [0, 0.1) is 12.8 Å². The number of hydrogen-bond donors (Lipinski definition) is 0. The minimum Gasteiger partial charge on any atom is -0.484 e. The molecule has 128 valence electrons. The summed E-state index contributed by atoms with van der Waals surface area (Å²) in [7, 11) is 0. The Kier molecular flexibility index (Phi) is 4.22. The highest BCUT2D eigenvalue weighted by Gasteiger charge is 2.31. The topological polar surface area (TPSA) is 56.1 Å². The molecule has 2 aromatic heterocycles. The van der Waals surface area contributed by atoms with Crippen LogP contribution in [-0.2, 0) is 13.2 Å². The third kappa shape index (κ3) is 3.02. The summed E-state index contributed by atoms with van der Waals surface area (Å²) in [6, 6.07) is 4.23. The fourth-order valence-corrected chi connectivity index (χ4v) is 3.54. The standard InChI is InChI=1S/C18H25N5O/c1-13-6-7-16(10-19-13)24-12-17-20-21-18-14(2)22(8-9-23(17)18)11-15-4-3-5-15/h6-7,10,14-15H,3-5,8-9,11-12H2,1-2H3/t14-/m0/s1. The summed E-state index contributed by atoms with van der Waals surface area (Å²) < 4.78 is 8.05. The second-order valence-corrected chi connectivity index (χ2v) is 7.02. The van der Waals surface area contributed by atoms with Gasteiger partial charge in [-0.1, -0.05) is 6.42 Å². The molecule has 0 unspecified atom stereocenters. The Bertz CT molecular complexity index is 692. The monoisotopic (exact) mass is 327 g/mol. The van der Waals surface area contributed by atoms with E-state index in [1.807, 2.05) is 19.1 Å². The average molecular weight is 327 g/mol. The molecule has 6 heteroatoms. The fraction of sp³-hybridized carbons (Fsp3) is 0.611. The lowest BCUT2D eigenvalue weighted by Crippen LogP contribution is -2.41. The van der Waals surface area contributed by atoms with Crippen LogP contribution in [0.3, 0.4) is 0 Å². The van der Waals surface area contributed by atoms with E-state index in [9.17, 15) is 0 Å². The van der Waals surface area contributed by atoms with Gasteiger partial charge in [-0.25, -0.2) is 0 Å². The lowest BCUT2D eigenvalue weighted by Gasteiger charge is -2.38. The molecule has 24 heavy (non-hydrogen) atoms. The summed E-state index contributed by atoms with van der Waals surface area (Å²) >= 11 is 0.